The van der Waals surface area contributed by atoms with Gasteiger partial charge in [0, 0.05) is 19.3 Å². The van der Waals surface area contributed by atoms with Crippen LogP contribution in [0, 0.1) is 0 Å². The van der Waals surface area contributed by atoms with Gasteiger partial charge in [0.2, 0.25) is 5.95 Å². The summed E-state index contributed by atoms with van der Waals surface area (Å²) in [7, 11) is 0. The number of hydrogen-bond donors (Lipinski definition) is 2. The van der Waals surface area contributed by atoms with E-state index in [-0.39, 0.29) is 42.1 Å². The van der Waals surface area contributed by atoms with Crippen molar-refractivity contribution >= 4 is 29.1 Å². The third kappa shape index (κ3) is 4.73. The molecule has 2 aromatic rings. The number of rotatable bonds is 8. The predicted octanol–water partition coefficient (Wildman–Crippen LogP) is 1.04. The van der Waals surface area contributed by atoms with E-state index in [0.717, 1.165) is 0 Å². The van der Waals surface area contributed by atoms with Crippen molar-refractivity contribution in [3.8, 4) is 0 Å². The first kappa shape index (κ1) is 20.8. The molecular formula is C18H25N5O6. The summed E-state index contributed by atoms with van der Waals surface area (Å²) in [6.07, 6.45) is 1.78. The van der Waals surface area contributed by atoms with E-state index in [4.69, 9.17) is 19.9 Å². The zero-order valence-corrected chi connectivity index (χ0v) is 16.4. The highest BCUT2D eigenvalue weighted by atomic mass is 16.6. The number of anilines is 1. The number of fused-ring (bicyclic) bond motifs is 1. The van der Waals surface area contributed by atoms with Crippen LogP contribution in [-0.4, -0.2) is 50.3 Å². The average Bonchev–Trinajstić information content (AvgIpc) is 3.24. The van der Waals surface area contributed by atoms with Gasteiger partial charge in [-0.1, -0.05) is 13.8 Å². The molecule has 0 spiro atoms. The minimum atomic E-state index is -0.640. The second-order valence-corrected chi connectivity index (χ2v) is 6.85. The Hall–Kier alpha value is -2.95. The van der Waals surface area contributed by atoms with Gasteiger partial charge >= 0.3 is 11.9 Å². The van der Waals surface area contributed by atoms with Gasteiger partial charge in [0.15, 0.2) is 11.2 Å². The zero-order valence-electron chi connectivity index (χ0n) is 16.4. The molecule has 1 aliphatic rings. The number of nitrogens with one attached hydrogen (secondary N) is 1. The number of H-pyrrole nitrogens is 1. The largest absolute Gasteiger partial charge is 0.463 e. The Kier molecular flexibility index (Phi) is 6.47. The molecule has 0 amide bonds. The van der Waals surface area contributed by atoms with Crippen LogP contribution in [0.5, 0.6) is 0 Å². The average molecular weight is 407 g/mol. The third-order valence-corrected chi connectivity index (χ3v) is 4.54. The Bertz CT molecular complexity index is 938. The molecule has 1 fully saturated rings. The summed E-state index contributed by atoms with van der Waals surface area (Å²) in [5, 5.41) is 0. The number of hydrogen-bond acceptors (Lipinski definition) is 9. The number of aromatic amines is 1. The summed E-state index contributed by atoms with van der Waals surface area (Å²) in [5.74, 6) is -0.730. The molecule has 3 atom stereocenters. The Balaban J connectivity index is 1.81. The number of carbonyl (C=O) groups excluding carboxylic acids is 2. The normalized spacial score (nSPS) is 21.4. The lowest BCUT2D eigenvalue weighted by Crippen LogP contribution is -2.32. The maximum Gasteiger partial charge on any atom is 0.306 e. The monoisotopic (exact) mass is 407 g/mol. The van der Waals surface area contributed by atoms with Gasteiger partial charge in [0.1, 0.15) is 25.0 Å². The number of nitrogens with zero attached hydrogens (tertiary/aromatic N) is 3. The van der Waals surface area contributed by atoms with Gasteiger partial charge in [-0.2, -0.15) is 4.98 Å². The first-order valence-corrected chi connectivity index (χ1v) is 9.65. The fourth-order valence-corrected chi connectivity index (χ4v) is 3.18. The fraction of sp³-hybridized carbons (Fsp3) is 0.611. The lowest BCUT2D eigenvalue weighted by Gasteiger charge is -2.18. The summed E-state index contributed by atoms with van der Waals surface area (Å²) < 4.78 is 18.4. The number of aromatic nitrogens is 4. The number of carbonyl (C=O) groups is 2. The second-order valence-electron chi connectivity index (χ2n) is 6.85. The van der Waals surface area contributed by atoms with E-state index in [1.54, 1.807) is 4.57 Å². The van der Waals surface area contributed by atoms with E-state index >= 15 is 0 Å². The van der Waals surface area contributed by atoms with Crippen molar-refractivity contribution in [3.05, 3.63) is 16.7 Å². The molecule has 3 unspecified atom stereocenters. The second kappa shape index (κ2) is 9.03. The molecule has 11 nitrogen and oxygen atoms in total. The van der Waals surface area contributed by atoms with Crippen LogP contribution < -0.4 is 11.3 Å². The van der Waals surface area contributed by atoms with Crippen LogP contribution in [0.2, 0.25) is 0 Å². The minimum absolute atomic E-state index is 0.0395. The molecule has 11 heteroatoms. The molecule has 1 saturated heterocycles. The van der Waals surface area contributed by atoms with Crippen molar-refractivity contribution in [3.63, 3.8) is 0 Å². The standard InChI is InChI=1S/C18H25N5O6/c1-3-5-13(24)27-8-11-10(29-14(25)6-4-2)7-12(28-11)23-9-20-15-16(23)21-18(19)22-17(15)26/h9-12H,3-8H2,1-2H3,(H3,19,21,22,26). The minimum Gasteiger partial charge on any atom is -0.463 e. The van der Waals surface area contributed by atoms with Crippen molar-refractivity contribution in [1.29, 1.82) is 0 Å². The smallest absolute Gasteiger partial charge is 0.306 e. The Labute approximate surface area is 166 Å². The Morgan fingerprint density at radius 1 is 1.31 bits per heavy atom. The van der Waals surface area contributed by atoms with Crippen molar-refractivity contribution in [1.82, 2.24) is 19.5 Å². The van der Waals surface area contributed by atoms with Gasteiger partial charge in [0.25, 0.3) is 5.56 Å². The first-order chi connectivity index (χ1) is 13.9. The first-order valence-electron chi connectivity index (χ1n) is 9.65. The highest BCUT2D eigenvalue weighted by Gasteiger charge is 2.40. The van der Waals surface area contributed by atoms with Gasteiger partial charge < -0.3 is 19.9 Å². The molecule has 2 aromatic heterocycles. The molecule has 0 bridgehead atoms. The topological polar surface area (TPSA) is 151 Å². The molecule has 3 rings (SSSR count). The lowest BCUT2D eigenvalue weighted by molar-refractivity contribution is -0.158. The van der Waals surface area contributed by atoms with Gasteiger partial charge in [-0.15, -0.1) is 0 Å². The predicted molar refractivity (Wildman–Crippen MR) is 102 cm³/mol. The van der Waals surface area contributed by atoms with Gasteiger partial charge in [0.05, 0.1) is 6.33 Å². The fourth-order valence-electron chi connectivity index (χ4n) is 3.18. The molecule has 0 radical (unpaired) electrons. The molecular weight excluding hydrogens is 382 g/mol. The summed E-state index contributed by atoms with van der Waals surface area (Å²) in [5.41, 5.74) is 5.57. The summed E-state index contributed by atoms with van der Waals surface area (Å²) in [6.45, 7) is 3.72. The SMILES string of the molecule is CCCC(=O)OCC1OC(n2cnc3c(=O)[nH]c(N)nc32)CC1OC(=O)CCC. The molecule has 3 N–H and O–H groups in total. The number of nitrogens with two attached hydrogens (primary N) is 1. The number of esters is 2. The van der Waals surface area contributed by atoms with Crippen molar-refractivity contribution in [2.24, 2.45) is 0 Å². The van der Waals surface area contributed by atoms with Crippen LogP contribution in [0.3, 0.4) is 0 Å². The maximum atomic E-state index is 12.0. The molecule has 0 saturated carbocycles. The van der Waals surface area contributed by atoms with Crippen LogP contribution >= 0.6 is 0 Å². The van der Waals surface area contributed by atoms with Gasteiger partial charge in [-0.05, 0) is 12.8 Å². The zero-order chi connectivity index (χ0) is 21.0. The summed E-state index contributed by atoms with van der Waals surface area (Å²) in [4.78, 5) is 46.3. The van der Waals surface area contributed by atoms with E-state index in [2.05, 4.69) is 15.0 Å². The van der Waals surface area contributed by atoms with Crippen molar-refractivity contribution < 1.29 is 23.8 Å². The van der Waals surface area contributed by atoms with Crippen molar-refractivity contribution in [2.45, 2.75) is 64.4 Å². The van der Waals surface area contributed by atoms with Crippen molar-refractivity contribution in [2.75, 3.05) is 12.3 Å². The van der Waals surface area contributed by atoms with Crippen LogP contribution in [0.15, 0.2) is 11.1 Å². The van der Waals surface area contributed by atoms with Crippen LogP contribution in [0.1, 0.15) is 52.2 Å². The lowest BCUT2D eigenvalue weighted by atomic mass is 10.2. The number of nitrogen functional groups attached to an aromatic ring is 1. The highest BCUT2D eigenvalue weighted by molar-refractivity contribution is 5.71. The quantitative estimate of drug-likeness (QED) is 0.611. The third-order valence-electron chi connectivity index (χ3n) is 4.54. The maximum absolute atomic E-state index is 12.0. The van der Waals surface area contributed by atoms with Crippen LogP contribution in [-0.2, 0) is 23.8 Å². The molecule has 0 aromatic carbocycles. The van der Waals surface area contributed by atoms with E-state index in [1.807, 2.05) is 13.8 Å². The van der Waals surface area contributed by atoms with Crippen LogP contribution in [0.25, 0.3) is 11.2 Å². The molecule has 0 aliphatic carbocycles. The van der Waals surface area contributed by atoms with E-state index in [1.165, 1.54) is 6.33 Å². The molecule has 29 heavy (non-hydrogen) atoms. The van der Waals surface area contributed by atoms with E-state index < -0.39 is 24.0 Å². The summed E-state index contributed by atoms with van der Waals surface area (Å²) >= 11 is 0. The summed E-state index contributed by atoms with van der Waals surface area (Å²) in [6, 6.07) is 0. The molecule has 1 aliphatic heterocycles. The van der Waals surface area contributed by atoms with E-state index in [9.17, 15) is 14.4 Å². The molecule has 3 heterocycles. The highest BCUT2D eigenvalue weighted by Crippen LogP contribution is 2.33. The number of ether oxygens (including phenoxy) is 3. The Morgan fingerprint density at radius 2 is 2.03 bits per heavy atom. The van der Waals surface area contributed by atoms with Crippen LogP contribution in [0.4, 0.5) is 5.95 Å². The number of imidazole rings is 1. The van der Waals surface area contributed by atoms with Gasteiger partial charge in [-0.3, -0.25) is 23.9 Å². The Morgan fingerprint density at radius 3 is 2.76 bits per heavy atom. The van der Waals surface area contributed by atoms with Gasteiger partial charge in [-0.25, -0.2) is 4.98 Å². The molecule has 158 valence electrons. The van der Waals surface area contributed by atoms with E-state index in [0.29, 0.717) is 25.7 Å².